The number of rotatable bonds is 5. The van der Waals surface area contributed by atoms with Crippen molar-refractivity contribution in [3.63, 3.8) is 0 Å². The standard InChI is InChI=1S/C12H13Cl2NO3/c1-2-7(12(17)18)6-15-11(16)9-5-8(13)3-4-10(9)14/h3-5,7H,2,6H2,1H3,(H,15,16)(H,17,18). The van der Waals surface area contributed by atoms with Crippen LogP contribution in [0.25, 0.3) is 0 Å². The fourth-order valence-electron chi connectivity index (χ4n) is 1.39. The van der Waals surface area contributed by atoms with E-state index in [9.17, 15) is 9.59 Å². The summed E-state index contributed by atoms with van der Waals surface area (Å²) in [6.45, 7) is 1.81. The zero-order valence-corrected chi connectivity index (χ0v) is 11.3. The number of carboxylic acid groups (broad SMARTS) is 1. The minimum atomic E-state index is -0.935. The van der Waals surface area contributed by atoms with Crippen LogP contribution in [0.1, 0.15) is 23.7 Å². The molecule has 1 aromatic rings. The lowest BCUT2D eigenvalue weighted by atomic mass is 10.1. The van der Waals surface area contributed by atoms with Crippen LogP contribution in [-0.2, 0) is 4.79 Å². The molecular weight excluding hydrogens is 277 g/mol. The zero-order chi connectivity index (χ0) is 13.7. The van der Waals surface area contributed by atoms with Crippen molar-refractivity contribution in [2.75, 3.05) is 6.54 Å². The van der Waals surface area contributed by atoms with Gasteiger partial charge in [0.2, 0.25) is 0 Å². The topological polar surface area (TPSA) is 66.4 Å². The lowest BCUT2D eigenvalue weighted by molar-refractivity contribution is -0.141. The van der Waals surface area contributed by atoms with Crippen molar-refractivity contribution in [1.29, 1.82) is 0 Å². The number of aliphatic carboxylic acids is 1. The van der Waals surface area contributed by atoms with Crippen LogP contribution in [0.5, 0.6) is 0 Å². The van der Waals surface area contributed by atoms with Crippen molar-refractivity contribution in [1.82, 2.24) is 5.32 Å². The molecule has 0 bridgehead atoms. The number of hydrogen-bond donors (Lipinski definition) is 2. The Bertz CT molecular complexity index is 463. The molecule has 0 aliphatic rings. The van der Waals surface area contributed by atoms with Crippen LogP contribution in [-0.4, -0.2) is 23.5 Å². The van der Waals surface area contributed by atoms with E-state index in [2.05, 4.69) is 5.32 Å². The van der Waals surface area contributed by atoms with E-state index >= 15 is 0 Å². The second-order valence-electron chi connectivity index (χ2n) is 3.78. The number of benzene rings is 1. The maximum Gasteiger partial charge on any atom is 0.308 e. The Morgan fingerprint density at radius 1 is 1.39 bits per heavy atom. The zero-order valence-electron chi connectivity index (χ0n) is 9.74. The van der Waals surface area contributed by atoms with Gasteiger partial charge in [-0.3, -0.25) is 9.59 Å². The summed E-state index contributed by atoms with van der Waals surface area (Å²) in [5.41, 5.74) is 0.240. The third kappa shape index (κ3) is 3.89. The highest BCUT2D eigenvalue weighted by Gasteiger charge is 2.17. The van der Waals surface area contributed by atoms with Gasteiger partial charge in [0, 0.05) is 11.6 Å². The highest BCUT2D eigenvalue weighted by Crippen LogP contribution is 2.20. The number of amides is 1. The van der Waals surface area contributed by atoms with E-state index in [-0.39, 0.29) is 17.1 Å². The summed E-state index contributed by atoms with van der Waals surface area (Å²) in [5, 5.41) is 12.1. The van der Waals surface area contributed by atoms with Gasteiger partial charge in [-0.05, 0) is 24.6 Å². The molecule has 2 N–H and O–H groups in total. The molecule has 0 saturated carbocycles. The van der Waals surface area contributed by atoms with Crippen molar-refractivity contribution in [3.8, 4) is 0 Å². The molecule has 0 heterocycles. The molecule has 0 aliphatic carbocycles. The number of carbonyl (C=O) groups is 2. The summed E-state index contributed by atoms with van der Waals surface area (Å²) in [4.78, 5) is 22.6. The fourth-order valence-corrected chi connectivity index (χ4v) is 1.76. The van der Waals surface area contributed by atoms with Gasteiger partial charge in [-0.25, -0.2) is 0 Å². The van der Waals surface area contributed by atoms with Gasteiger partial charge in [0.1, 0.15) is 0 Å². The maximum atomic E-state index is 11.8. The number of nitrogens with one attached hydrogen (secondary N) is 1. The average molecular weight is 290 g/mol. The van der Waals surface area contributed by atoms with Crippen molar-refractivity contribution in [2.45, 2.75) is 13.3 Å². The second kappa shape index (κ2) is 6.61. The molecule has 1 unspecified atom stereocenters. The largest absolute Gasteiger partial charge is 0.481 e. The first-order chi connectivity index (χ1) is 8.45. The summed E-state index contributed by atoms with van der Waals surface area (Å²) in [6, 6.07) is 4.54. The Kier molecular flexibility index (Phi) is 5.44. The third-order valence-corrected chi connectivity index (χ3v) is 3.09. The predicted molar refractivity (Wildman–Crippen MR) is 70.2 cm³/mol. The van der Waals surface area contributed by atoms with Crippen molar-refractivity contribution >= 4 is 35.1 Å². The number of carboxylic acids is 1. The monoisotopic (exact) mass is 289 g/mol. The van der Waals surface area contributed by atoms with E-state index in [4.69, 9.17) is 28.3 Å². The van der Waals surface area contributed by atoms with Crippen LogP contribution >= 0.6 is 23.2 Å². The molecule has 0 aromatic heterocycles. The SMILES string of the molecule is CCC(CNC(=O)c1cc(Cl)ccc1Cl)C(=O)O. The molecule has 0 saturated heterocycles. The average Bonchev–Trinajstić information content (AvgIpc) is 2.32. The van der Waals surface area contributed by atoms with Crippen LogP contribution in [0.3, 0.4) is 0 Å². The van der Waals surface area contributed by atoms with Gasteiger partial charge in [-0.1, -0.05) is 30.1 Å². The lowest BCUT2D eigenvalue weighted by Crippen LogP contribution is -2.32. The lowest BCUT2D eigenvalue weighted by Gasteiger charge is -2.11. The smallest absolute Gasteiger partial charge is 0.308 e. The van der Waals surface area contributed by atoms with Crippen molar-refractivity contribution in [2.24, 2.45) is 5.92 Å². The van der Waals surface area contributed by atoms with Crippen LogP contribution in [0.4, 0.5) is 0 Å². The molecule has 0 fully saturated rings. The Morgan fingerprint density at radius 2 is 2.06 bits per heavy atom. The summed E-state index contributed by atoms with van der Waals surface area (Å²) in [5.74, 6) is -1.97. The van der Waals surface area contributed by atoms with Gasteiger partial charge in [0.15, 0.2) is 0 Å². The van der Waals surface area contributed by atoms with Crippen LogP contribution in [0, 0.1) is 5.92 Å². The summed E-state index contributed by atoms with van der Waals surface area (Å²) in [6.07, 6.45) is 0.443. The predicted octanol–water partition coefficient (Wildman–Crippen LogP) is 2.83. The van der Waals surface area contributed by atoms with E-state index < -0.39 is 17.8 Å². The van der Waals surface area contributed by atoms with Gasteiger partial charge in [0.25, 0.3) is 5.91 Å². The van der Waals surface area contributed by atoms with Crippen LogP contribution < -0.4 is 5.32 Å². The summed E-state index contributed by atoms with van der Waals surface area (Å²) in [7, 11) is 0. The minimum absolute atomic E-state index is 0.0630. The molecule has 0 radical (unpaired) electrons. The molecule has 4 nitrogen and oxygen atoms in total. The van der Waals surface area contributed by atoms with E-state index in [1.165, 1.54) is 12.1 Å². The highest BCUT2D eigenvalue weighted by atomic mass is 35.5. The first-order valence-electron chi connectivity index (χ1n) is 5.41. The highest BCUT2D eigenvalue weighted by molar-refractivity contribution is 6.35. The molecule has 6 heteroatoms. The molecule has 98 valence electrons. The van der Waals surface area contributed by atoms with Crippen LogP contribution in [0.15, 0.2) is 18.2 Å². The Morgan fingerprint density at radius 3 is 2.61 bits per heavy atom. The molecule has 0 aliphatic heterocycles. The van der Waals surface area contributed by atoms with E-state index in [1.807, 2.05) is 0 Å². The Labute approximate surface area is 115 Å². The number of hydrogen-bond acceptors (Lipinski definition) is 2. The Hall–Kier alpha value is -1.26. The quantitative estimate of drug-likeness (QED) is 0.876. The summed E-state index contributed by atoms with van der Waals surface area (Å²) < 4.78 is 0. The van der Waals surface area contributed by atoms with Crippen LogP contribution in [0.2, 0.25) is 10.0 Å². The second-order valence-corrected chi connectivity index (χ2v) is 4.62. The first kappa shape index (κ1) is 14.8. The van der Waals surface area contributed by atoms with Gasteiger partial charge >= 0.3 is 5.97 Å². The number of halogens is 2. The Balaban J connectivity index is 2.71. The molecule has 18 heavy (non-hydrogen) atoms. The molecule has 1 amide bonds. The van der Waals surface area contributed by atoms with Gasteiger partial charge in [-0.15, -0.1) is 0 Å². The normalized spacial score (nSPS) is 11.9. The van der Waals surface area contributed by atoms with Gasteiger partial charge in [0.05, 0.1) is 16.5 Å². The van der Waals surface area contributed by atoms with E-state index in [0.717, 1.165) is 0 Å². The molecule has 1 atom stereocenters. The molecule has 1 rings (SSSR count). The minimum Gasteiger partial charge on any atom is -0.481 e. The van der Waals surface area contributed by atoms with E-state index in [0.29, 0.717) is 11.4 Å². The fraction of sp³-hybridized carbons (Fsp3) is 0.333. The molecule has 1 aromatic carbocycles. The molecular formula is C12H13Cl2NO3. The third-order valence-electron chi connectivity index (χ3n) is 2.52. The summed E-state index contributed by atoms with van der Waals surface area (Å²) >= 11 is 11.6. The van der Waals surface area contributed by atoms with Gasteiger partial charge in [-0.2, -0.15) is 0 Å². The molecule has 0 spiro atoms. The maximum absolute atomic E-state index is 11.8. The number of carbonyl (C=O) groups excluding carboxylic acids is 1. The van der Waals surface area contributed by atoms with Crippen molar-refractivity contribution < 1.29 is 14.7 Å². The van der Waals surface area contributed by atoms with Gasteiger partial charge < -0.3 is 10.4 Å². The van der Waals surface area contributed by atoms with E-state index in [1.54, 1.807) is 13.0 Å². The first-order valence-corrected chi connectivity index (χ1v) is 6.17. The van der Waals surface area contributed by atoms with Crippen molar-refractivity contribution in [3.05, 3.63) is 33.8 Å².